The third-order valence-electron chi connectivity index (χ3n) is 4.34. The number of hydrogen-bond donors (Lipinski definition) is 0. The molecule has 1 amide bonds. The van der Waals surface area contributed by atoms with E-state index in [1.807, 2.05) is 38.1 Å². The van der Waals surface area contributed by atoms with Gasteiger partial charge in [0, 0.05) is 25.4 Å². The van der Waals surface area contributed by atoms with Crippen LogP contribution in [0.2, 0.25) is 0 Å². The van der Waals surface area contributed by atoms with Crippen LogP contribution in [0.15, 0.2) is 62.3 Å². The monoisotopic (exact) mass is 383 g/mol. The number of pyridine rings is 1. The van der Waals surface area contributed by atoms with Gasteiger partial charge in [-0.3, -0.25) is 9.59 Å². The summed E-state index contributed by atoms with van der Waals surface area (Å²) < 4.78 is 12.9. The lowest BCUT2D eigenvalue weighted by Gasteiger charge is -2.22. The average molecular weight is 383 g/mol. The highest BCUT2D eigenvalue weighted by molar-refractivity contribution is 5.91. The van der Waals surface area contributed by atoms with Crippen molar-refractivity contribution in [3.05, 3.63) is 82.1 Å². The van der Waals surface area contributed by atoms with Gasteiger partial charge in [-0.25, -0.2) is 0 Å². The molecule has 0 fully saturated rings. The Morgan fingerprint density at radius 2 is 1.79 bits per heavy atom. The Morgan fingerprint density at radius 1 is 1.00 bits per heavy atom. The van der Waals surface area contributed by atoms with Gasteiger partial charge in [0.15, 0.2) is 5.76 Å². The fourth-order valence-electron chi connectivity index (χ4n) is 2.82. The lowest BCUT2D eigenvalue weighted by Crippen LogP contribution is -2.36. The molecule has 0 saturated heterocycles. The zero-order chi connectivity index (χ0) is 20.1. The van der Waals surface area contributed by atoms with Gasteiger partial charge < -0.3 is 23.2 Å². The van der Waals surface area contributed by atoms with Gasteiger partial charge in [0.25, 0.3) is 11.5 Å². The summed E-state index contributed by atoms with van der Waals surface area (Å²) in [6.07, 6.45) is 1.69. The highest BCUT2D eigenvalue weighted by Crippen LogP contribution is 2.15. The molecule has 3 heterocycles. The van der Waals surface area contributed by atoms with E-state index in [0.717, 1.165) is 18.1 Å². The molecule has 0 atom stereocenters. The zero-order valence-electron chi connectivity index (χ0n) is 16.4. The Morgan fingerprint density at radius 3 is 2.46 bits per heavy atom. The highest BCUT2D eigenvalue weighted by atomic mass is 16.4. The first kappa shape index (κ1) is 19.7. The lowest BCUT2D eigenvalue weighted by molar-refractivity contribution is 0.0685. The van der Waals surface area contributed by atoms with Gasteiger partial charge in [-0.05, 0) is 51.4 Å². The van der Waals surface area contributed by atoms with Crippen molar-refractivity contribution < 1.29 is 13.6 Å². The van der Waals surface area contributed by atoms with Crippen molar-refractivity contribution in [2.75, 3.05) is 27.2 Å². The molecular weight excluding hydrogens is 358 g/mol. The summed E-state index contributed by atoms with van der Waals surface area (Å²) in [5, 5.41) is 0. The summed E-state index contributed by atoms with van der Waals surface area (Å²) in [5.74, 6) is 2.14. The van der Waals surface area contributed by atoms with Crippen LogP contribution in [0.3, 0.4) is 0 Å². The van der Waals surface area contributed by atoms with Crippen LogP contribution in [0, 0.1) is 6.92 Å². The predicted octanol–water partition coefficient (Wildman–Crippen LogP) is 2.60. The third-order valence-corrected chi connectivity index (χ3v) is 4.34. The largest absolute Gasteiger partial charge is 0.464 e. The summed E-state index contributed by atoms with van der Waals surface area (Å²) in [6.45, 7) is 3.79. The van der Waals surface area contributed by atoms with Crippen LogP contribution in [-0.2, 0) is 13.1 Å². The summed E-state index contributed by atoms with van der Waals surface area (Å²) in [4.78, 5) is 28.6. The van der Waals surface area contributed by atoms with Crippen molar-refractivity contribution in [3.63, 3.8) is 0 Å². The van der Waals surface area contributed by atoms with E-state index in [4.69, 9.17) is 8.83 Å². The number of hydrogen-bond acceptors (Lipinski definition) is 5. The first-order chi connectivity index (χ1) is 13.4. The SMILES string of the molecule is Cc1ccc(CN(CCN(C)C)C(=O)c2ccc(Cn3ccccc3=O)o2)o1. The fourth-order valence-corrected chi connectivity index (χ4v) is 2.82. The number of rotatable bonds is 8. The molecule has 148 valence electrons. The summed E-state index contributed by atoms with van der Waals surface area (Å²) in [5.41, 5.74) is -0.118. The molecule has 0 bridgehead atoms. The van der Waals surface area contributed by atoms with Gasteiger partial charge in [0.1, 0.15) is 17.3 Å². The summed E-state index contributed by atoms with van der Waals surface area (Å²) in [6, 6.07) is 12.1. The van der Waals surface area contributed by atoms with E-state index in [0.29, 0.717) is 18.8 Å². The van der Waals surface area contributed by atoms with Gasteiger partial charge in [0.05, 0.1) is 13.1 Å². The minimum absolute atomic E-state index is 0.118. The molecule has 7 nitrogen and oxygen atoms in total. The van der Waals surface area contributed by atoms with Gasteiger partial charge >= 0.3 is 0 Å². The number of carbonyl (C=O) groups is 1. The summed E-state index contributed by atoms with van der Waals surface area (Å²) >= 11 is 0. The maximum Gasteiger partial charge on any atom is 0.290 e. The molecule has 0 spiro atoms. The lowest BCUT2D eigenvalue weighted by atomic mass is 10.3. The molecule has 7 heteroatoms. The maximum absolute atomic E-state index is 13.0. The molecule has 3 aromatic rings. The zero-order valence-corrected chi connectivity index (χ0v) is 16.4. The molecule has 3 aromatic heterocycles. The van der Waals surface area contributed by atoms with Crippen LogP contribution in [0.4, 0.5) is 0 Å². The van der Waals surface area contributed by atoms with E-state index in [1.54, 1.807) is 35.4 Å². The van der Waals surface area contributed by atoms with E-state index < -0.39 is 0 Å². The van der Waals surface area contributed by atoms with Gasteiger partial charge in [0.2, 0.25) is 0 Å². The molecule has 0 aliphatic rings. The van der Waals surface area contributed by atoms with Crippen molar-refractivity contribution >= 4 is 5.91 Å². The van der Waals surface area contributed by atoms with Crippen molar-refractivity contribution in [1.29, 1.82) is 0 Å². The number of carbonyl (C=O) groups excluding carboxylic acids is 1. The topological polar surface area (TPSA) is 71.8 Å². The van der Waals surface area contributed by atoms with E-state index in [9.17, 15) is 9.59 Å². The standard InChI is InChI=1S/C21H25N3O4/c1-16-7-8-17(27-16)15-24(13-12-22(2)3)21(26)19-10-9-18(28-19)14-23-11-5-4-6-20(23)25/h4-11H,12-15H2,1-3H3. The molecule has 0 radical (unpaired) electrons. The molecule has 0 aliphatic heterocycles. The minimum Gasteiger partial charge on any atom is -0.464 e. The van der Waals surface area contributed by atoms with Crippen LogP contribution in [0.5, 0.6) is 0 Å². The van der Waals surface area contributed by atoms with Gasteiger partial charge in [-0.15, -0.1) is 0 Å². The second kappa shape index (κ2) is 8.75. The van der Waals surface area contributed by atoms with Crippen LogP contribution in [-0.4, -0.2) is 47.5 Å². The quantitative estimate of drug-likeness (QED) is 0.598. The van der Waals surface area contributed by atoms with E-state index in [-0.39, 0.29) is 23.8 Å². The van der Waals surface area contributed by atoms with Gasteiger partial charge in [-0.1, -0.05) is 6.07 Å². The Balaban J connectivity index is 1.75. The van der Waals surface area contributed by atoms with Crippen LogP contribution >= 0.6 is 0 Å². The van der Waals surface area contributed by atoms with Gasteiger partial charge in [-0.2, -0.15) is 0 Å². The van der Waals surface area contributed by atoms with Crippen LogP contribution in [0.25, 0.3) is 0 Å². The Labute approximate surface area is 163 Å². The number of amides is 1. The Kier molecular flexibility index (Phi) is 6.16. The summed E-state index contributed by atoms with van der Waals surface area (Å²) in [7, 11) is 3.92. The third kappa shape index (κ3) is 5.01. The van der Waals surface area contributed by atoms with Crippen molar-refractivity contribution in [2.45, 2.75) is 20.0 Å². The maximum atomic E-state index is 13.0. The second-order valence-corrected chi connectivity index (χ2v) is 6.98. The number of likely N-dealkylation sites (N-methyl/N-ethyl adjacent to an activating group) is 1. The van der Waals surface area contributed by atoms with Crippen molar-refractivity contribution in [2.24, 2.45) is 0 Å². The number of furan rings is 2. The highest BCUT2D eigenvalue weighted by Gasteiger charge is 2.21. The first-order valence-corrected chi connectivity index (χ1v) is 9.16. The smallest absolute Gasteiger partial charge is 0.290 e. The normalized spacial score (nSPS) is 11.1. The average Bonchev–Trinajstić information content (AvgIpc) is 3.29. The molecule has 0 aromatic carbocycles. The van der Waals surface area contributed by atoms with E-state index in [2.05, 4.69) is 0 Å². The Bertz CT molecular complexity index is 983. The van der Waals surface area contributed by atoms with Crippen LogP contribution < -0.4 is 5.56 Å². The second-order valence-electron chi connectivity index (χ2n) is 6.98. The fraction of sp³-hybridized carbons (Fsp3) is 0.333. The molecule has 3 rings (SSSR count). The number of aryl methyl sites for hydroxylation is 1. The van der Waals surface area contributed by atoms with Crippen molar-refractivity contribution in [1.82, 2.24) is 14.4 Å². The van der Waals surface area contributed by atoms with Crippen molar-refractivity contribution in [3.8, 4) is 0 Å². The molecule has 0 saturated carbocycles. The molecule has 0 aliphatic carbocycles. The number of nitrogens with zero attached hydrogens (tertiary/aromatic N) is 3. The molecule has 0 N–H and O–H groups in total. The molecule has 0 unspecified atom stereocenters. The molecule has 28 heavy (non-hydrogen) atoms. The van der Waals surface area contributed by atoms with Crippen LogP contribution in [0.1, 0.15) is 27.8 Å². The van der Waals surface area contributed by atoms with E-state index in [1.165, 1.54) is 10.6 Å². The van der Waals surface area contributed by atoms with E-state index >= 15 is 0 Å². The first-order valence-electron chi connectivity index (χ1n) is 9.16. The minimum atomic E-state index is -0.206. The Hall–Kier alpha value is -3.06. The molecular formula is C21H25N3O4. The predicted molar refractivity (Wildman–Crippen MR) is 105 cm³/mol. The number of aromatic nitrogens is 1.